The molecule has 4 rings (SSSR count). The Kier molecular flexibility index (Phi) is 4.25. The number of hydrogen-bond donors (Lipinski definition) is 1. The number of carbonyl (C=O) groups is 1. The van der Waals surface area contributed by atoms with Crippen LogP contribution in [0.25, 0.3) is 0 Å². The SMILES string of the molecule is CCCN1C(=O)C2(CCN(Cc3ccoc3)CC2)Nc2ccccc21. The number of rotatable bonds is 4. The van der Waals surface area contributed by atoms with Gasteiger partial charge in [-0.3, -0.25) is 9.69 Å². The van der Waals surface area contributed by atoms with E-state index in [0.717, 1.165) is 56.8 Å². The molecule has 1 amide bonds. The molecule has 2 aromatic rings. The van der Waals surface area contributed by atoms with E-state index in [0.29, 0.717) is 0 Å². The van der Waals surface area contributed by atoms with E-state index in [1.165, 1.54) is 5.56 Å². The van der Waals surface area contributed by atoms with Crippen LogP contribution < -0.4 is 10.2 Å². The lowest BCUT2D eigenvalue weighted by molar-refractivity contribution is -0.124. The Labute approximate surface area is 148 Å². The average molecular weight is 339 g/mol. The molecule has 2 aliphatic heterocycles. The number of piperidine rings is 1. The van der Waals surface area contributed by atoms with Gasteiger partial charge in [-0.25, -0.2) is 0 Å². The molecule has 3 heterocycles. The number of likely N-dealkylation sites (tertiary alicyclic amines) is 1. The molecule has 1 aromatic heterocycles. The summed E-state index contributed by atoms with van der Waals surface area (Å²) in [4.78, 5) is 17.7. The van der Waals surface area contributed by atoms with Crippen molar-refractivity contribution in [1.82, 2.24) is 4.90 Å². The van der Waals surface area contributed by atoms with Crippen LogP contribution in [0.4, 0.5) is 11.4 Å². The van der Waals surface area contributed by atoms with E-state index in [9.17, 15) is 4.79 Å². The van der Waals surface area contributed by atoms with E-state index >= 15 is 0 Å². The molecule has 0 saturated carbocycles. The smallest absolute Gasteiger partial charge is 0.252 e. The van der Waals surface area contributed by atoms with Crippen molar-refractivity contribution in [3.05, 3.63) is 48.4 Å². The Morgan fingerprint density at radius 3 is 2.72 bits per heavy atom. The maximum atomic E-state index is 13.3. The third kappa shape index (κ3) is 2.93. The van der Waals surface area contributed by atoms with Crippen molar-refractivity contribution in [2.75, 3.05) is 29.9 Å². The quantitative estimate of drug-likeness (QED) is 0.926. The van der Waals surface area contributed by atoms with Crippen molar-refractivity contribution < 1.29 is 9.21 Å². The first-order valence-corrected chi connectivity index (χ1v) is 9.14. The van der Waals surface area contributed by atoms with Gasteiger partial charge < -0.3 is 14.6 Å². The van der Waals surface area contributed by atoms with Crippen LogP contribution in [0.3, 0.4) is 0 Å². The van der Waals surface area contributed by atoms with Crippen LogP contribution in [0.5, 0.6) is 0 Å². The summed E-state index contributed by atoms with van der Waals surface area (Å²) in [7, 11) is 0. The van der Waals surface area contributed by atoms with Crippen LogP contribution in [-0.2, 0) is 11.3 Å². The third-order valence-corrected chi connectivity index (χ3v) is 5.37. The molecular weight excluding hydrogens is 314 g/mol. The summed E-state index contributed by atoms with van der Waals surface area (Å²) in [6.07, 6.45) is 6.14. The zero-order valence-electron chi connectivity index (χ0n) is 14.7. The van der Waals surface area contributed by atoms with Gasteiger partial charge in [0.25, 0.3) is 5.91 Å². The Balaban J connectivity index is 1.53. The normalized spacial score (nSPS) is 19.7. The number of amides is 1. The summed E-state index contributed by atoms with van der Waals surface area (Å²) in [6, 6.07) is 10.2. The van der Waals surface area contributed by atoms with E-state index in [-0.39, 0.29) is 5.91 Å². The van der Waals surface area contributed by atoms with Crippen molar-refractivity contribution in [2.24, 2.45) is 0 Å². The van der Waals surface area contributed by atoms with Gasteiger partial charge in [0.05, 0.1) is 23.9 Å². The molecule has 5 heteroatoms. The molecule has 2 aliphatic rings. The van der Waals surface area contributed by atoms with Crippen molar-refractivity contribution in [2.45, 2.75) is 38.3 Å². The lowest BCUT2D eigenvalue weighted by Crippen LogP contribution is -2.61. The van der Waals surface area contributed by atoms with Gasteiger partial charge in [0.2, 0.25) is 0 Å². The minimum atomic E-state index is -0.462. The van der Waals surface area contributed by atoms with Gasteiger partial charge in [-0.05, 0) is 37.5 Å². The zero-order valence-corrected chi connectivity index (χ0v) is 14.7. The predicted octanol–water partition coefficient (Wildman–Crippen LogP) is 3.48. The summed E-state index contributed by atoms with van der Waals surface area (Å²) in [5.41, 5.74) is 2.83. The minimum Gasteiger partial charge on any atom is -0.472 e. The average Bonchev–Trinajstić information content (AvgIpc) is 3.14. The van der Waals surface area contributed by atoms with E-state index in [1.54, 1.807) is 12.5 Å². The molecule has 0 unspecified atom stereocenters. The lowest BCUT2D eigenvalue weighted by Gasteiger charge is -2.47. The standard InChI is InChI=1S/C20H25N3O2/c1-2-10-23-18-6-4-3-5-17(18)21-20(19(23)24)8-11-22(12-9-20)14-16-7-13-25-15-16/h3-7,13,15,21H,2,8-12,14H2,1H3. The first-order chi connectivity index (χ1) is 12.2. The Bertz CT molecular complexity index is 733. The molecule has 1 spiro atoms. The van der Waals surface area contributed by atoms with E-state index in [2.05, 4.69) is 23.2 Å². The zero-order chi connectivity index (χ0) is 17.3. The summed E-state index contributed by atoms with van der Waals surface area (Å²) in [5.74, 6) is 0.232. The van der Waals surface area contributed by atoms with Gasteiger partial charge in [-0.15, -0.1) is 0 Å². The molecule has 0 atom stereocenters. The molecule has 1 fully saturated rings. The Morgan fingerprint density at radius 2 is 2.00 bits per heavy atom. The molecule has 0 aliphatic carbocycles. The third-order valence-electron chi connectivity index (χ3n) is 5.37. The number of nitrogens with zero attached hydrogens (tertiary/aromatic N) is 2. The molecule has 0 bridgehead atoms. The number of fused-ring (bicyclic) bond motifs is 1. The molecule has 0 radical (unpaired) electrons. The van der Waals surface area contributed by atoms with Crippen molar-refractivity contribution >= 4 is 17.3 Å². The van der Waals surface area contributed by atoms with E-state index in [4.69, 9.17) is 4.42 Å². The van der Waals surface area contributed by atoms with Crippen LogP contribution >= 0.6 is 0 Å². The maximum Gasteiger partial charge on any atom is 0.252 e. The summed E-state index contributed by atoms with van der Waals surface area (Å²) in [6.45, 7) is 5.60. The summed E-state index contributed by atoms with van der Waals surface area (Å²) in [5, 5.41) is 3.59. The van der Waals surface area contributed by atoms with Crippen LogP contribution in [0, 0.1) is 0 Å². The minimum absolute atomic E-state index is 0.232. The van der Waals surface area contributed by atoms with Crippen molar-refractivity contribution in [1.29, 1.82) is 0 Å². The number of anilines is 2. The second-order valence-electron chi connectivity index (χ2n) is 7.09. The largest absolute Gasteiger partial charge is 0.472 e. The molecule has 25 heavy (non-hydrogen) atoms. The fraction of sp³-hybridized carbons (Fsp3) is 0.450. The molecule has 1 aromatic carbocycles. The number of hydrogen-bond acceptors (Lipinski definition) is 4. The topological polar surface area (TPSA) is 48.7 Å². The Hall–Kier alpha value is -2.27. The first-order valence-electron chi connectivity index (χ1n) is 9.14. The van der Waals surface area contributed by atoms with Crippen molar-refractivity contribution in [3.8, 4) is 0 Å². The second kappa shape index (κ2) is 6.56. The van der Waals surface area contributed by atoms with Crippen LogP contribution in [0.1, 0.15) is 31.7 Å². The second-order valence-corrected chi connectivity index (χ2v) is 7.09. The number of nitrogens with one attached hydrogen (secondary N) is 1. The highest BCUT2D eigenvalue weighted by Crippen LogP contribution is 2.40. The monoisotopic (exact) mass is 339 g/mol. The Morgan fingerprint density at radius 1 is 1.20 bits per heavy atom. The number of carbonyl (C=O) groups excluding carboxylic acids is 1. The van der Waals surface area contributed by atoms with Gasteiger partial charge in [0.1, 0.15) is 5.54 Å². The predicted molar refractivity (Wildman–Crippen MR) is 98.7 cm³/mol. The van der Waals surface area contributed by atoms with Gasteiger partial charge in [-0.2, -0.15) is 0 Å². The summed E-state index contributed by atoms with van der Waals surface area (Å²) >= 11 is 0. The number of furan rings is 1. The van der Waals surface area contributed by atoms with Crippen LogP contribution in [-0.4, -0.2) is 36.0 Å². The number of benzene rings is 1. The highest BCUT2D eigenvalue weighted by Gasteiger charge is 2.47. The van der Waals surface area contributed by atoms with Crippen molar-refractivity contribution in [3.63, 3.8) is 0 Å². The highest BCUT2D eigenvalue weighted by atomic mass is 16.3. The van der Waals surface area contributed by atoms with Gasteiger partial charge in [0, 0.05) is 31.7 Å². The molecule has 132 valence electrons. The van der Waals surface area contributed by atoms with Gasteiger partial charge >= 0.3 is 0 Å². The first kappa shape index (κ1) is 16.2. The molecule has 1 N–H and O–H groups in total. The highest BCUT2D eigenvalue weighted by molar-refractivity contribution is 6.08. The summed E-state index contributed by atoms with van der Waals surface area (Å²) < 4.78 is 5.16. The van der Waals surface area contributed by atoms with E-state index in [1.807, 2.05) is 29.2 Å². The van der Waals surface area contributed by atoms with Crippen LogP contribution in [0.2, 0.25) is 0 Å². The lowest BCUT2D eigenvalue weighted by atomic mass is 9.83. The van der Waals surface area contributed by atoms with Gasteiger partial charge in [0.15, 0.2) is 0 Å². The van der Waals surface area contributed by atoms with E-state index < -0.39 is 5.54 Å². The fourth-order valence-electron chi connectivity index (χ4n) is 4.01. The maximum absolute atomic E-state index is 13.3. The van der Waals surface area contributed by atoms with Crippen LogP contribution in [0.15, 0.2) is 47.3 Å². The fourth-order valence-corrected chi connectivity index (χ4v) is 4.01. The molecule has 1 saturated heterocycles. The number of para-hydroxylation sites is 2. The molecular formula is C20H25N3O2. The molecule has 5 nitrogen and oxygen atoms in total. The van der Waals surface area contributed by atoms with Gasteiger partial charge in [-0.1, -0.05) is 19.1 Å².